The van der Waals surface area contributed by atoms with E-state index in [2.05, 4.69) is 24.7 Å². The first kappa shape index (κ1) is 11.4. The van der Waals surface area contributed by atoms with Crippen molar-refractivity contribution in [1.82, 2.24) is 0 Å². The maximum Gasteiger partial charge on any atom is 0.0277 e. The fourth-order valence-corrected chi connectivity index (χ4v) is 0.590. The van der Waals surface area contributed by atoms with Crippen LogP contribution in [0.15, 0.2) is 66.3 Å². The molecule has 0 bridgehead atoms. The molecule has 0 aliphatic heterocycles. The number of nitrogens with zero attached hydrogens (tertiary/aromatic N) is 1. The summed E-state index contributed by atoms with van der Waals surface area (Å²) in [5.41, 5.74) is 1.78. The topological polar surface area (TPSA) is 12.4 Å². The van der Waals surface area contributed by atoms with E-state index in [0.717, 1.165) is 11.1 Å². The van der Waals surface area contributed by atoms with E-state index in [-0.39, 0.29) is 0 Å². The van der Waals surface area contributed by atoms with Gasteiger partial charge in [0.25, 0.3) is 0 Å². The molecule has 68 valence electrons. The zero-order valence-corrected chi connectivity index (χ0v) is 8.03. The number of allylic oxidation sites excluding steroid dienone is 7. The predicted molar refractivity (Wildman–Crippen MR) is 61.2 cm³/mol. The molecule has 0 atom stereocenters. The van der Waals surface area contributed by atoms with Gasteiger partial charge in [0.05, 0.1) is 0 Å². The highest BCUT2D eigenvalue weighted by Crippen LogP contribution is 1.99. The highest BCUT2D eigenvalue weighted by Gasteiger charge is 1.80. The Bertz CT molecular complexity index is 277. The molecule has 0 aromatic rings. The van der Waals surface area contributed by atoms with Crippen molar-refractivity contribution in [3.05, 3.63) is 61.3 Å². The van der Waals surface area contributed by atoms with Gasteiger partial charge in [-0.3, -0.25) is 4.99 Å². The molecule has 0 amide bonds. The Balaban J connectivity index is 4.08. The van der Waals surface area contributed by atoms with Crippen molar-refractivity contribution >= 4 is 6.21 Å². The first-order chi connectivity index (χ1) is 6.20. The summed E-state index contributed by atoms with van der Waals surface area (Å²) in [5, 5.41) is 0. The Labute approximate surface area is 80.2 Å². The minimum Gasteiger partial charge on any atom is -0.297 e. The fourth-order valence-electron chi connectivity index (χ4n) is 0.590. The molecule has 0 fully saturated rings. The Morgan fingerprint density at radius 1 is 1.08 bits per heavy atom. The van der Waals surface area contributed by atoms with Crippen LogP contribution in [0.3, 0.4) is 0 Å². The molecular weight excluding hydrogens is 158 g/mol. The first-order valence-electron chi connectivity index (χ1n) is 3.98. The maximum atomic E-state index is 3.82. The molecule has 13 heavy (non-hydrogen) atoms. The molecule has 0 saturated heterocycles. The summed E-state index contributed by atoms with van der Waals surface area (Å²) in [7, 11) is 1.72. The number of hydrogen-bond acceptors (Lipinski definition) is 1. The summed E-state index contributed by atoms with van der Waals surface area (Å²) in [5.74, 6) is 0. The van der Waals surface area contributed by atoms with Crippen molar-refractivity contribution in [1.29, 1.82) is 0 Å². The summed E-state index contributed by atoms with van der Waals surface area (Å²) in [6.07, 6.45) is 10.9. The van der Waals surface area contributed by atoms with E-state index in [4.69, 9.17) is 0 Å². The van der Waals surface area contributed by atoms with Gasteiger partial charge < -0.3 is 0 Å². The second kappa shape index (κ2) is 7.04. The van der Waals surface area contributed by atoms with Crippen LogP contribution in [0.1, 0.15) is 0 Å². The largest absolute Gasteiger partial charge is 0.297 e. The summed E-state index contributed by atoms with van der Waals surface area (Å²) in [6, 6.07) is 0. The van der Waals surface area contributed by atoms with Gasteiger partial charge in [0, 0.05) is 13.3 Å². The Morgan fingerprint density at radius 3 is 2.23 bits per heavy atom. The number of hydrogen-bond donors (Lipinski definition) is 0. The molecule has 0 aliphatic rings. The fraction of sp³-hybridized carbons (Fsp3) is 0.0833. The zero-order valence-electron chi connectivity index (χ0n) is 8.03. The van der Waals surface area contributed by atoms with Crippen molar-refractivity contribution < 1.29 is 0 Å². The van der Waals surface area contributed by atoms with Crippen molar-refractivity contribution in [3.8, 4) is 0 Å². The van der Waals surface area contributed by atoms with Gasteiger partial charge in [-0.05, 0) is 17.2 Å². The van der Waals surface area contributed by atoms with Crippen LogP contribution in [-0.2, 0) is 0 Å². The standard InChI is InChI=1S/C12H15N/c1-5-11(2)8-9-12(3)7-6-10-13-4/h5-10H,1-3H2,4H3/b7-6-,9-8-,13-10-. The summed E-state index contributed by atoms with van der Waals surface area (Å²) >= 11 is 0. The van der Waals surface area contributed by atoms with Crippen LogP contribution in [0, 0.1) is 0 Å². The van der Waals surface area contributed by atoms with Crippen molar-refractivity contribution in [2.45, 2.75) is 0 Å². The van der Waals surface area contributed by atoms with Crippen LogP contribution in [-0.4, -0.2) is 13.3 Å². The summed E-state index contributed by atoms with van der Waals surface area (Å²) in [4.78, 5) is 3.81. The third-order valence-corrected chi connectivity index (χ3v) is 1.32. The normalized spacial score (nSPS) is 11.5. The minimum atomic E-state index is 0.874. The second-order valence-corrected chi connectivity index (χ2v) is 2.45. The van der Waals surface area contributed by atoms with Crippen molar-refractivity contribution in [2.24, 2.45) is 4.99 Å². The third-order valence-electron chi connectivity index (χ3n) is 1.32. The molecule has 0 rings (SSSR count). The Hall–Kier alpha value is -1.63. The zero-order chi connectivity index (χ0) is 10.1. The van der Waals surface area contributed by atoms with Crippen LogP contribution < -0.4 is 0 Å². The first-order valence-corrected chi connectivity index (χ1v) is 3.98. The summed E-state index contributed by atoms with van der Waals surface area (Å²) < 4.78 is 0. The Kier molecular flexibility index (Phi) is 6.16. The molecule has 0 saturated carbocycles. The van der Waals surface area contributed by atoms with Crippen LogP contribution in [0.25, 0.3) is 0 Å². The van der Waals surface area contributed by atoms with E-state index in [0.29, 0.717) is 0 Å². The van der Waals surface area contributed by atoms with E-state index in [1.807, 2.05) is 24.3 Å². The van der Waals surface area contributed by atoms with Gasteiger partial charge in [0.15, 0.2) is 0 Å². The van der Waals surface area contributed by atoms with E-state index in [1.54, 1.807) is 19.3 Å². The van der Waals surface area contributed by atoms with Crippen LogP contribution in [0.4, 0.5) is 0 Å². The lowest BCUT2D eigenvalue weighted by Gasteiger charge is -1.88. The number of rotatable bonds is 5. The molecular formula is C12H15N. The molecule has 1 nitrogen and oxygen atoms in total. The molecule has 0 N–H and O–H groups in total. The highest BCUT2D eigenvalue weighted by molar-refractivity contribution is 5.71. The molecule has 0 unspecified atom stereocenters. The minimum absolute atomic E-state index is 0.874. The molecule has 0 heterocycles. The van der Waals surface area contributed by atoms with E-state index in [9.17, 15) is 0 Å². The third kappa shape index (κ3) is 6.76. The monoisotopic (exact) mass is 173 g/mol. The lowest BCUT2D eigenvalue weighted by atomic mass is 10.2. The summed E-state index contributed by atoms with van der Waals surface area (Å²) in [6.45, 7) is 11.2. The lowest BCUT2D eigenvalue weighted by Crippen LogP contribution is -1.70. The lowest BCUT2D eigenvalue weighted by molar-refractivity contribution is 1.47. The van der Waals surface area contributed by atoms with E-state index < -0.39 is 0 Å². The molecule has 0 aromatic carbocycles. The van der Waals surface area contributed by atoms with E-state index in [1.165, 1.54) is 0 Å². The van der Waals surface area contributed by atoms with Crippen LogP contribution >= 0.6 is 0 Å². The average Bonchev–Trinajstić information content (AvgIpc) is 2.14. The van der Waals surface area contributed by atoms with Gasteiger partial charge in [-0.15, -0.1) is 0 Å². The molecule has 0 spiro atoms. The quantitative estimate of drug-likeness (QED) is 0.447. The Morgan fingerprint density at radius 2 is 1.69 bits per heavy atom. The van der Waals surface area contributed by atoms with Gasteiger partial charge in [0.1, 0.15) is 0 Å². The van der Waals surface area contributed by atoms with Crippen molar-refractivity contribution in [3.63, 3.8) is 0 Å². The van der Waals surface area contributed by atoms with E-state index >= 15 is 0 Å². The van der Waals surface area contributed by atoms with Crippen molar-refractivity contribution in [2.75, 3.05) is 7.05 Å². The average molecular weight is 173 g/mol. The van der Waals surface area contributed by atoms with Crippen LogP contribution in [0.2, 0.25) is 0 Å². The van der Waals surface area contributed by atoms with Gasteiger partial charge in [-0.1, -0.05) is 44.0 Å². The second-order valence-electron chi connectivity index (χ2n) is 2.45. The smallest absolute Gasteiger partial charge is 0.0277 e. The van der Waals surface area contributed by atoms with Crippen LogP contribution in [0.5, 0.6) is 0 Å². The molecule has 0 aliphatic carbocycles. The van der Waals surface area contributed by atoms with Gasteiger partial charge in [0.2, 0.25) is 0 Å². The molecule has 1 heteroatoms. The SMILES string of the molecule is C=CC(=C)/C=C\C(=C)/C=C\C=N/C. The molecule has 0 radical (unpaired) electrons. The van der Waals surface area contributed by atoms with Gasteiger partial charge in [-0.25, -0.2) is 0 Å². The van der Waals surface area contributed by atoms with Gasteiger partial charge in [-0.2, -0.15) is 0 Å². The predicted octanol–water partition coefficient (Wildman–Crippen LogP) is 3.10. The highest BCUT2D eigenvalue weighted by atomic mass is 14.6. The van der Waals surface area contributed by atoms with Gasteiger partial charge >= 0.3 is 0 Å². The maximum absolute atomic E-state index is 3.82. The number of aliphatic imine (C=N–C) groups is 1. The molecule has 0 aromatic heterocycles.